The van der Waals surface area contributed by atoms with Crippen molar-refractivity contribution in [3.8, 4) is 0 Å². The van der Waals surface area contributed by atoms with Gasteiger partial charge in [-0.2, -0.15) is 13.2 Å². The van der Waals surface area contributed by atoms with E-state index in [0.717, 1.165) is 17.9 Å². The third-order valence-electron chi connectivity index (χ3n) is 1.80. The van der Waals surface area contributed by atoms with Crippen LogP contribution in [0.4, 0.5) is 13.2 Å². The zero-order valence-electron chi connectivity index (χ0n) is 8.29. The molecule has 0 saturated carbocycles. The van der Waals surface area contributed by atoms with Crippen LogP contribution in [0.25, 0.3) is 0 Å². The summed E-state index contributed by atoms with van der Waals surface area (Å²) < 4.78 is 34.7. The average Bonchev–Trinajstić information content (AvgIpc) is 2.16. The molecule has 0 bridgehead atoms. The summed E-state index contributed by atoms with van der Waals surface area (Å²) in [5.74, 6) is 0.752. The Morgan fingerprint density at radius 1 is 1.31 bits per heavy atom. The van der Waals surface area contributed by atoms with E-state index in [1.165, 1.54) is 23.5 Å². The van der Waals surface area contributed by atoms with Gasteiger partial charge in [-0.05, 0) is 17.9 Å². The minimum atomic E-state index is -4.31. The quantitative estimate of drug-likeness (QED) is 0.747. The highest BCUT2D eigenvalue weighted by Gasteiger charge is 2.30. The van der Waals surface area contributed by atoms with Crippen molar-refractivity contribution in [3.63, 3.8) is 0 Å². The number of alkyl halides is 3. The highest BCUT2D eigenvalue weighted by atomic mass is 35.7. The Morgan fingerprint density at radius 2 is 1.81 bits per heavy atom. The van der Waals surface area contributed by atoms with Crippen molar-refractivity contribution in [2.45, 2.75) is 13.1 Å². The summed E-state index contributed by atoms with van der Waals surface area (Å²) in [6.07, 6.45) is -4.31. The lowest BCUT2D eigenvalue weighted by Gasteiger charge is -2.14. The average molecular weight is 305 g/mol. The fraction of sp³-hybridized carbons (Fsp3) is 0.333. The van der Waals surface area contributed by atoms with Gasteiger partial charge in [0.05, 0.1) is 5.56 Å². The molecule has 0 amide bonds. The maximum absolute atomic E-state index is 12.3. The van der Waals surface area contributed by atoms with Crippen LogP contribution in [0, 0.1) is 0 Å². The van der Waals surface area contributed by atoms with E-state index < -0.39 is 16.3 Å². The number of benzene rings is 1. The van der Waals surface area contributed by atoms with Crippen LogP contribution in [0.5, 0.6) is 0 Å². The molecule has 0 aliphatic rings. The first kappa shape index (κ1) is 14.4. The van der Waals surface area contributed by atoms with E-state index in [4.69, 9.17) is 23.0 Å². The predicted octanol–water partition coefficient (Wildman–Crippen LogP) is 4.63. The molecule has 90 valence electrons. The molecule has 0 saturated heterocycles. The topological polar surface area (TPSA) is 0 Å². The van der Waals surface area contributed by atoms with E-state index >= 15 is 0 Å². The molecule has 1 unspecified atom stereocenters. The van der Waals surface area contributed by atoms with Crippen LogP contribution in [0.2, 0.25) is 0 Å². The molecule has 0 aliphatic carbocycles. The smallest absolute Gasteiger partial charge is 0.166 e. The Bertz CT molecular complexity index is 402. The maximum atomic E-state index is 12.3. The van der Waals surface area contributed by atoms with Crippen LogP contribution in [0.1, 0.15) is 12.5 Å². The molecule has 1 rings (SSSR count). The molecular formula is C9H9ClF3PS2. The summed E-state index contributed by atoms with van der Waals surface area (Å²) in [6, 6.07) is 4.79. The SMILES string of the molecule is CCSP(=S)(Cl)c1ccc(C(F)(F)F)cc1. The van der Waals surface area contributed by atoms with Gasteiger partial charge in [0.25, 0.3) is 0 Å². The third kappa shape index (κ3) is 3.66. The second-order valence-corrected chi connectivity index (χ2v) is 12.7. The van der Waals surface area contributed by atoms with Crippen LogP contribution in [0.15, 0.2) is 24.3 Å². The Labute approximate surface area is 106 Å². The molecule has 1 aromatic rings. The minimum absolute atomic E-state index is 0.615. The Kier molecular flexibility index (Phi) is 4.76. The van der Waals surface area contributed by atoms with Gasteiger partial charge in [0, 0.05) is 5.30 Å². The van der Waals surface area contributed by atoms with Crippen molar-refractivity contribution in [1.82, 2.24) is 0 Å². The lowest BCUT2D eigenvalue weighted by atomic mass is 10.2. The molecule has 0 heterocycles. The first-order valence-corrected chi connectivity index (χ1v) is 9.69. The van der Waals surface area contributed by atoms with Gasteiger partial charge in [-0.1, -0.05) is 42.1 Å². The zero-order chi connectivity index (χ0) is 12.4. The van der Waals surface area contributed by atoms with Crippen molar-refractivity contribution in [1.29, 1.82) is 0 Å². The maximum Gasteiger partial charge on any atom is 0.416 e. The molecule has 0 aliphatic heterocycles. The van der Waals surface area contributed by atoms with E-state index in [0.29, 0.717) is 5.30 Å². The second-order valence-electron chi connectivity index (χ2n) is 2.94. The molecular weight excluding hydrogens is 296 g/mol. The normalized spacial score (nSPS) is 15.8. The van der Waals surface area contributed by atoms with Gasteiger partial charge < -0.3 is 0 Å². The summed E-state index contributed by atoms with van der Waals surface area (Å²) in [6.45, 7) is 1.91. The zero-order valence-corrected chi connectivity index (χ0v) is 11.6. The van der Waals surface area contributed by atoms with Gasteiger partial charge in [0.1, 0.15) is 4.59 Å². The fourth-order valence-electron chi connectivity index (χ4n) is 1.07. The number of halogens is 4. The molecule has 0 aromatic heterocycles. The lowest BCUT2D eigenvalue weighted by Crippen LogP contribution is -2.07. The number of hydrogen-bond acceptors (Lipinski definition) is 2. The minimum Gasteiger partial charge on any atom is -0.166 e. The Hall–Kier alpha value is 0.300. The molecule has 0 fully saturated rings. The number of hydrogen-bond donors (Lipinski definition) is 0. The summed E-state index contributed by atoms with van der Waals surface area (Å²) >= 11 is 12.8. The van der Waals surface area contributed by atoms with E-state index in [9.17, 15) is 13.2 Å². The predicted molar refractivity (Wildman–Crippen MR) is 69.3 cm³/mol. The molecule has 7 heteroatoms. The molecule has 0 nitrogen and oxygen atoms in total. The monoisotopic (exact) mass is 304 g/mol. The van der Waals surface area contributed by atoms with E-state index in [1.54, 1.807) is 0 Å². The first-order chi connectivity index (χ1) is 7.27. The highest BCUT2D eigenvalue weighted by Crippen LogP contribution is 2.62. The van der Waals surface area contributed by atoms with Crippen LogP contribution < -0.4 is 5.30 Å². The summed E-state index contributed by atoms with van der Waals surface area (Å²) in [7, 11) is 0. The molecule has 0 spiro atoms. The van der Waals surface area contributed by atoms with E-state index in [-0.39, 0.29) is 0 Å². The highest BCUT2D eigenvalue weighted by molar-refractivity contribution is 8.80. The van der Waals surface area contributed by atoms with Crippen molar-refractivity contribution in [3.05, 3.63) is 29.8 Å². The van der Waals surface area contributed by atoms with E-state index in [2.05, 4.69) is 0 Å². The lowest BCUT2D eigenvalue weighted by molar-refractivity contribution is -0.137. The Balaban J connectivity index is 3.00. The Morgan fingerprint density at radius 3 is 2.19 bits per heavy atom. The molecule has 1 aromatic carbocycles. The van der Waals surface area contributed by atoms with Gasteiger partial charge in [-0.3, -0.25) is 0 Å². The van der Waals surface area contributed by atoms with Gasteiger partial charge in [-0.15, -0.1) is 11.4 Å². The fourth-order valence-corrected chi connectivity index (χ4v) is 6.39. The van der Waals surface area contributed by atoms with Crippen LogP contribution >= 0.6 is 27.2 Å². The van der Waals surface area contributed by atoms with Gasteiger partial charge in [0.2, 0.25) is 0 Å². The summed E-state index contributed by atoms with van der Waals surface area (Å²) in [4.78, 5) is 0. The van der Waals surface area contributed by atoms with E-state index in [1.807, 2.05) is 6.92 Å². The van der Waals surface area contributed by atoms with Crippen molar-refractivity contribution < 1.29 is 13.2 Å². The number of rotatable bonds is 3. The van der Waals surface area contributed by atoms with Crippen LogP contribution in [0.3, 0.4) is 0 Å². The molecule has 0 N–H and O–H groups in total. The van der Waals surface area contributed by atoms with Crippen molar-refractivity contribution >= 4 is 44.3 Å². The van der Waals surface area contributed by atoms with Crippen LogP contribution in [-0.4, -0.2) is 5.75 Å². The molecule has 0 radical (unpaired) electrons. The largest absolute Gasteiger partial charge is 0.416 e. The van der Waals surface area contributed by atoms with Crippen LogP contribution in [-0.2, 0) is 18.0 Å². The molecule has 16 heavy (non-hydrogen) atoms. The standard InChI is InChI=1S/C9H9ClF3PS2/c1-2-16-14(10,15)8-5-3-7(4-6-8)9(11,12)13/h3-6H,2H2,1H3. The third-order valence-corrected chi connectivity index (χ3v) is 8.75. The van der Waals surface area contributed by atoms with Crippen molar-refractivity contribution in [2.24, 2.45) is 0 Å². The first-order valence-electron chi connectivity index (χ1n) is 4.39. The van der Waals surface area contributed by atoms with Gasteiger partial charge in [0.15, 0.2) is 0 Å². The van der Waals surface area contributed by atoms with Gasteiger partial charge in [-0.25, -0.2) is 0 Å². The second kappa shape index (κ2) is 5.30. The molecule has 1 atom stereocenters. The van der Waals surface area contributed by atoms with Gasteiger partial charge >= 0.3 is 6.18 Å². The summed E-state index contributed by atoms with van der Waals surface area (Å²) in [5, 5.41) is 0.615. The van der Waals surface area contributed by atoms with Crippen molar-refractivity contribution in [2.75, 3.05) is 5.75 Å². The summed E-state index contributed by atoms with van der Waals surface area (Å²) in [5.41, 5.74) is -0.676.